The molecule has 2 atom stereocenters. The molecule has 2 saturated heterocycles. The second kappa shape index (κ2) is 6.37. The second-order valence-corrected chi connectivity index (χ2v) is 7.66. The van der Waals surface area contributed by atoms with Crippen LogP contribution in [0.5, 0.6) is 0 Å². The van der Waals surface area contributed by atoms with Gasteiger partial charge >= 0.3 is 0 Å². The van der Waals surface area contributed by atoms with Gasteiger partial charge in [0.15, 0.2) is 0 Å². The van der Waals surface area contributed by atoms with Gasteiger partial charge < -0.3 is 15.5 Å². The van der Waals surface area contributed by atoms with Crippen molar-refractivity contribution >= 4 is 23.4 Å². The molecule has 0 aliphatic carbocycles. The van der Waals surface area contributed by atoms with Crippen molar-refractivity contribution in [2.75, 3.05) is 11.9 Å². The smallest absolute Gasteiger partial charge is 0.270 e. The van der Waals surface area contributed by atoms with E-state index in [1.54, 1.807) is 11.0 Å². The molecule has 0 saturated carbocycles. The van der Waals surface area contributed by atoms with E-state index < -0.39 is 5.41 Å². The lowest BCUT2D eigenvalue weighted by Crippen LogP contribution is -2.54. The predicted octanol–water partition coefficient (Wildman–Crippen LogP) is 2.24. The van der Waals surface area contributed by atoms with Gasteiger partial charge in [-0.25, -0.2) is 0 Å². The molecule has 3 heterocycles. The number of allylic oxidation sites excluding steroid dienone is 2. The molecule has 1 aromatic rings. The number of nitrogens with one attached hydrogen (secondary N) is 2. The van der Waals surface area contributed by atoms with E-state index in [-0.39, 0.29) is 29.5 Å². The molecule has 6 nitrogen and oxygen atoms in total. The Morgan fingerprint density at radius 1 is 1.22 bits per heavy atom. The molecule has 0 aromatic heterocycles. The number of anilines is 1. The van der Waals surface area contributed by atoms with Gasteiger partial charge in [0, 0.05) is 12.2 Å². The van der Waals surface area contributed by atoms with Crippen LogP contribution in [0.4, 0.5) is 5.69 Å². The lowest BCUT2D eigenvalue weighted by atomic mass is 9.77. The number of fused-ring (bicyclic) bond motifs is 2. The van der Waals surface area contributed by atoms with Crippen molar-refractivity contribution in [3.63, 3.8) is 0 Å². The molecule has 3 aliphatic rings. The fraction of sp³-hybridized carbons (Fsp3) is 0.381. The van der Waals surface area contributed by atoms with E-state index in [1.807, 2.05) is 44.2 Å². The summed E-state index contributed by atoms with van der Waals surface area (Å²) in [5, 5.41) is 5.68. The second-order valence-electron chi connectivity index (χ2n) is 7.66. The van der Waals surface area contributed by atoms with E-state index in [0.717, 1.165) is 23.2 Å². The highest BCUT2D eigenvalue weighted by atomic mass is 16.2. The summed E-state index contributed by atoms with van der Waals surface area (Å²) in [6.07, 6.45) is 5.59. The summed E-state index contributed by atoms with van der Waals surface area (Å²) in [5.41, 5.74) is 1.84. The number of hydrogen-bond acceptors (Lipinski definition) is 3. The van der Waals surface area contributed by atoms with E-state index in [9.17, 15) is 14.4 Å². The lowest BCUT2D eigenvalue weighted by Gasteiger charge is -2.32. The number of nitrogens with zero attached hydrogens (tertiary/aromatic N) is 1. The van der Waals surface area contributed by atoms with Crippen LogP contribution in [-0.2, 0) is 19.8 Å². The molecule has 0 bridgehead atoms. The van der Waals surface area contributed by atoms with Crippen molar-refractivity contribution < 1.29 is 14.4 Å². The van der Waals surface area contributed by atoms with Crippen LogP contribution in [0.3, 0.4) is 0 Å². The highest BCUT2D eigenvalue weighted by molar-refractivity contribution is 6.10. The van der Waals surface area contributed by atoms with Crippen molar-refractivity contribution in [1.29, 1.82) is 0 Å². The van der Waals surface area contributed by atoms with Gasteiger partial charge in [-0.05, 0) is 50.8 Å². The maximum Gasteiger partial charge on any atom is 0.270 e. The third-order valence-corrected chi connectivity index (χ3v) is 5.59. The third kappa shape index (κ3) is 2.76. The Balaban J connectivity index is 1.82. The minimum atomic E-state index is -1.02. The summed E-state index contributed by atoms with van der Waals surface area (Å²) in [7, 11) is 0. The van der Waals surface area contributed by atoms with E-state index in [0.29, 0.717) is 19.4 Å². The minimum absolute atomic E-state index is 0.164. The number of piperazine rings is 1. The van der Waals surface area contributed by atoms with Crippen LogP contribution in [0, 0.1) is 0 Å². The fourth-order valence-electron chi connectivity index (χ4n) is 4.16. The summed E-state index contributed by atoms with van der Waals surface area (Å²) in [5.74, 6) is -0.549. The van der Waals surface area contributed by atoms with Crippen LogP contribution >= 0.6 is 0 Å². The minimum Gasteiger partial charge on any atom is -0.325 e. The lowest BCUT2D eigenvalue weighted by molar-refractivity contribution is -0.140. The van der Waals surface area contributed by atoms with Crippen LogP contribution in [0.1, 0.15) is 38.7 Å². The SMILES string of the molecule is CC(C)=CC[C@]1(/C=C2\NC(=O)[C@@H]3CCCN3C2=O)C(=O)Nc2ccccc21. The number of para-hydroxylation sites is 1. The summed E-state index contributed by atoms with van der Waals surface area (Å²) in [4.78, 5) is 40.0. The quantitative estimate of drug-likeness (QED) is 0.637. The predicted molar refractivity (Wildman–Crippen MR) is 102 cm³/mol. The molecule has 0 spiro atoms. The zero-order valence-corrected chi connectivity index (χ0v) is 15.5. The molecule has 27 heavy (non-hydrogen) atoms. The molecule has 2 N–H and O–H groups in total. The van der Waals surface area contributed by atoms with Gasteiger partial charge in [-0.1, -0.05) is 29.8 Å². The number of carbonyl (C=O) groups excluding carboxylic acids is 3. The molecule has 3 amide bonds. The van der Waals surface area contributed by atoms with Gasteiger partial charge in [0.25, 0.3) is 5.91 Å². The van der Waals surface area contributed by atoms with E-state index in [4.69, 9.17) is 0 Å². The standard InChI is InChI=1S/C21H23N3O3/c1-13(2)9-10-21(14-6-3-4-7-15(14)23-20(21)27)12-16-19(26)24-11-5-8-17(24)18(25)22-16/h3-4,6-7,9,12,17H,5,8,10-11H2,1-2H3,(H,22,25)(H,23,27)/b16-12-/t17-,21+/m0/s1. The van der Waals surface area contributed by atoms with Gasteiger partial charge in [-0.15, -0.1) is 0 Å². The van der Waals surface area contributed by atoms with E-state index in [1.165, 1.54) is 0 Å². The van der Waals surface area contributed by atoms with Crippen molar-refractivity contribution in [3.8, 4) is 0 Å². The monoisotopic (exact) mass is 365 g/mol. The van der Waals surface area contributed by atoms with Crippen LogP contribution in [-0.4, -0.2) is 35.2 Å². The number of rotatable bonds is 3. The third-order valence-electron chi connectivity index (χ3n) is 5.59. The Kier molecular flexibility index (Phi) is 4.13. The van der Waals surface area contributed by atoms with Crippen LogP contribution in [0.2, 0.25) is 0 Å². The van der Waals surface area contributed by atoms with Crippen molar-refractivity contribution in [3.05, 3.63) is 53.3 Å². The molecule has 0 radical (unpaired) electrons. The van der Waals surface area contributed by atoms with Crippen molar-refractivity contribution in [1.82, 2.24) is 10.2 Å². The summed E-state index contributed by atoms with van der Waals surface area (Å²) < 4.78 is 0. The molecule has 1 aromatic carbocycles. The first-order chi connectivity index (χ1) is 12.9. The fourth-order valence-corrected chi connectivity index (χ4v) is 4.16. The van der Waals surface area contributed by atoms with Gasteiger partial charge in [-0.2, -0.15) is 0 Å². The summed E-state index contributed by atoms with van der Waals surface area (Å²) >= 11 is 0. The number of amides is 3. The van der Waals surface area contributed by atoms with Gasteiger partial charge in [-0.3, -0.25) is 14.4 Å². The topological polar surface area (TPSA) is 78.5 Å². The van der Waals surface area contributed by atoms with Crippen molar-refractivity contribution in [2.24, 2.45) is 0 Å². The Morgan fingerprint density at radius 2 is 2.00 bits per heavy atom. The average molecular weight is 365 g/mol. The molecule has 4 rings (SSSR count). The average Bonchev–Trinajstić information content (AvgIpc) is 3.22. The Labute approximate surface area is 158 Å². The molecule has 2 fully saturated rings. The summed E-state index contributed by atoms with van der Waals surface area (Å²) in [6.45, 7) is 4.53. The van der Waals surface area contributed by atoms with Gasteiger partial charge in [0.2, 0.25) is 11.8 Å². The number of carbonyl (C=O) groups is 3. The van der Waals surface area contributed by atoms with Crippen LogP contribution in [0.15, 0.2) is 47.7 Å². The zero-order valence-electron chi connectivity index (χ0n) is 15.5. The highest BCUT2D eigenvalue weighted by Gasteiger charge is 2.47. The largest absolute Gasteiger partial charge is 0.325 e. The molecule has 3 aliphatic heterocycles. The van der Waals surface area contributed by atoms with Gasteiger partial charge in [0.05, 0.1) is 0 Å². The highest BCUT2D eigenvalue weighted by Crippen LogP contribution is 2.43. The molecule has 0 unspecified atom stereocenters. The first-order valence-electron chi connectivity index (χ1n) is 9.31. The maximum atomic E-state index is 13.0. The summed E-state index contributed by atoms with van der Waals surface area (Å²) in [6, 6.07) is 7.12. The molecular formula is C21H23N3O3. The Hall–Kier alpha value is -2.89. The number of hydrogen-bond donors (Lipinski definition) is 2. The Morgan fingerprint density at radius 3 is 2.78 bits per heavy atom. The first kappa shape index (κ1) is 17.5. The van der Waals surface area contributed by atoms with Gasteiger partial charge in [0.1, 0.15) is 17.2 Å². The normalized spacial score (nSPS) is 27.9. The number of benzene rings is 1. The van der Waals surface area contributed by atoms with Crippen LogP contribution in [0.25, 0.3) is 0 Å². The van der Waals surface area contributed by atoms with Crippen LogP contribution < -0.4 is 10.6 Å². The maximum absolute atomic E-state index is 13.0. The molecular weight excluding hydrogens is 342 g/mol. The first-order valence-corrected chi connectivity index (χ1v) is 9.31. The molecule has 140 valence electrons. The zero-order chi connectivity index (χ0) is 19.2. The van der Waals surface area contributed by atoms with E-state index >= 15 is 0 Å². The van der Waals surface area contributed by atoms with E-state index in [2.05, 4.69) is 10.6 Å². The van der Waals surface area contributed by atoms with Crippen molar-refractivity contribution in [2.45, 2.75) is 44.6 Å². The Bertz CT molecular complexity index is 898. The molecule has 6 heteroatoms.